The maximum Gasteiger partial charge on any atom is 0.143 e. The lowest BCUT2D eigenvalue weighted by molar-refractivity contribution is 0.182. The lowest BCUT2D eigenvalue weighted by Crippen LogP contribution is -2.41. The molecule has 17 heavy (non-hydrogen) atoms. The molecule has 2 heterocycles. The lowest BCUT2D eigenvalue weighted by atomic mass is 10.0. The van der Waals surface area contributed by atoms with E-state index in [0.717, 1.165) is 30.6 Å². The van der Waals surface area contributed by atoms with Crippen LogP contribution in [-0.2, 0) is 11.3 Å². The molecule has 0 atom stereocenters. The summed E-state index contributed by atoms with van der Waals surface area (Å²) in [7, 11) is 1.64. The van der Waals surface area contributed by atoms with Crippen LogP contribution in [0.2, 0.25) is 0 Å². The van der Waals surface area contributed by atoms with Crippen LogP contribution in [0.25, 0.3) is 0 Å². The highest BCUT2D eigenvalue weighted by atomic mass is 16.5. The first kappa shape index (κ1) is 12.3. The molecule has 1 fully saturated rings. The Morgan fingerprint density at radius 1 is 1.47 bits per heavy atom. The van der Waals surface area contributed by atoms with E-state index in [1.807, 2.05) is 0 Å². The fraction of sp³-hybridized carbons (Fsp3) is 0.583. The molecule has 5 nitrogen and oxygen atoms in total. The molecule has 0 unspecified atom stereocenters. The summed E-state index contributed by atoms with van der Waals surface area (Å²) in [6, 6.07) is 0. The van der Waals surface area contributed by atoms with Gasteiger partial charge in [-0.25, -0.2) is 0 Å². The van der Waals surface area contributed by atoms with Gasteiger partial charge in [-0.15, -0.1) is 0 Å². The van der Waals surface area contributed by atoms with Crippen LogP contribution in [-0.4, -0.2) is 30.3 Å². The fourth-order valence-corrected chi connectivity index (χ4v) is 2.10. The first-order chi connectivity index (χ1) is 8.24. The quantitative estimate of drug-likeness (QED) is 0.726. The van der Waals surface area contributed by atoms with Crippen molar-refractivity contribution in [1.29, 1.82) is 0 Å². The molecule has 0 amide bonds. The molecule has 3 N–H and O–H groups in total. The second-order valence-corrected chi connectivity index (χ2v) is 4.26. The van der Waals surface area contributed by atoms with Crippen molar-refractivity contribution in [3.05, 3.63) is 23.0 Å². The number of rotatable bonds is 3. The number of hydrogen-bond donors (Lipinski definition) is 3. The van der Waals surface area contributed by atoms with Gasteiger partial charge in [0.05, 0.1) is 18.5 Å². The van der Waals surface area contributed by atoms with E-state index < -0.39 is 0 Å². The van der Waals surface area contributed by atoms with Gasteiger partial charge in [0.1, 0.15) is 5.75 Å². The van der Waals surface area contributed by atoms with Crippen LogP contribution in [0.4, 0.5) is 0 Å². The summed E-state index contributed by atoms with van der Waals surface area (Å²) in [5, 5.41) is 16.9. The normalized spacial score (nSPS) is 17.3. The van der Waals surface area contributed by atoms with Crippen LogP contribution in [0.15, 0.2) is 6.20 Å². The van der Waals surface area contributed by atoms with Crippen molar-refractivity contribution in [2.75, 3.05) is 20.2 Å². The molecule has 5 heteroatoms. The van der Waals surface area contributed by atoms with Crippen molar-refractivity contribution >= 4 is 0 Å². The molecule has 1 aliphatic rings. The number of methoxy groups -OCH3 is 1. The van der Waals surface area contributed by atoms with Crippen LogP contribution < -0.4 is 10.6 Å². The van der Waals surface area contributed by atoms with Gasteiger partial charge in [-0.3, -0.25) is 15.6 Å². The summed E-state index contributed by atoms with van der Waals surface area (Å²) in [5.74, 6) is 0.256. The fourth-order valence-electron chi connectivity index (χ4n) is 2.10. The second-order valence-electron chi connectivity index (χ2n) is 4.26. The average molecular weight is 237 g/mol. The molecule has 0 aromatic carbocycles. The molecule has 0 bridgehead atoms. The van der Waals surface area contributed by atoms with E-state index in [4.69, 9.17) is 4.74 Å². The van der Waals surface area contributed by atoms with Crippen molar-refractivity contribution < 1.29 is 9.84 Å². The zero-order valence-corrected chi connectivity index (χ0v) is 10.3. The van der Waals surface area contributed by atoms with Gasteiger partial charge in [-0.05, 0) is 26.4 Å². The number of ether oxygens (including phenoxy) is 1. The average Bonchev–Trinajstić information content (AvgIpc) is 2.36. The SMILES string of the molecule is COCc1cnc(C)c(O)c1C1NCCCN1. The van der Waals surface area contributed by atoms with Gasteiger partial charge >= 0.3 is 0 Å². The van der Waals surface area contributed by atoms with Gasteiger partial charge in [0, 0.05) is 24.4 Å². The largest absolute Gasteiger partial charge is 0.506 e. The van der Waals surface area contributed by atoms with Crippen molar-refractivity contribution in [2.24, 2.45) is 0 Å². The highest BCUT2D eigenvalue weighted by Crippen LogP contribution is 2.29. The number of aromatic hydroxyl groups is 1. The Balaban J connectivity index is 2.36. The summed E-state index contributed by atoms with van der Waals surface area (Å²) in [5.41, 5.74) is 2.43. The van der Waals surface area contributed by atoms with Crippen molar-refractivity contribution in [3.63, 3.8) is 0 Å². The summed E-state index contributed by atoms with van der Waals surface area (Å²) >= 11 is 0. The molecule has 0 aliphatic carbocycles. The van der Waals surface area contributed by atoms with Crippen LogP contribution in [0.5, 0.6) is 5.75 Å². The zero-order chi connectivity index (χ0) is 12.3. The van der Waals surface area contributed by atoms with Gasteiger partial charge in [0.15, 0.2) is 0 Å². The van der Waals surface area contributed by atoms with Gasteiger partial charge in [0.2, 0.25) is 0 Å². The molecule has 1 saturated heterocycles. The molecule has 1 aromatic rings. The van der Waals surface area contributed by atoms with E-state index in [2.05, 4.69) is 15.6 Å². The number of aromatic nitrogens is 1. The van der Waals surface area contributed by atoms with Gasteiger partial charge in [0.25, 0.3) is 0 Å². The third-order valence-electron chi connectivity index (χ3n) is 3.00. The van der Waals surface area contributed by atoms with Gasteiger partial charge < -0.3 is 9.84 Å². The minimum Gasteiger partial charge on any atom is -0.506 e. The number of aryl methyl sites for hydroxylation is 1. The van der Waals surface area contributed by atoms with Gasteiger partial charge in [-0.1, -0.05) is 0 Å². The molecule has 1 aromatic heterocycles. The predicted molar refractivity (Wildman–Crippen MR) is 64.7 cm³/mol. The number of hydrogen-bond acceptors (Lipinski definition) is 5. The number of pyridine rings is 1. The maximum atomic E-state index is 10.2. The van der Waals surface area contributed by atoms with E-state index in [9.17, 15) is 5.11 Å². The first-order valence-corrected chi connectivity index (χ1v) is 5.87. The summed E-state index contributed by atoms with van der Waals surface area (Å²) < 4.78 is 5.15. The molecular formula is C12H19N3O2. The second kappa shape index (κ2) is 5.44. The first-order valence-electron chi connectivity index (χ1n) is 5.87. The summed E-state index contributed by atoms with van der Waals surface area (Å²) in [6.45, 7) is 4.16. The molecular weight excluding hydrogens is 218 g/mol. The Bertz CT molecular complexity index is 390. The molecule has 0 spiro atoms. The van der Waals surface area contributed by atoms with E-state index in [1.165, 1.54) is 0 Å². The third-order valence-corrected chi connectivity index (χ3v) is 3.00. The Labute approximate surface area is 101 Å². The van der Waals surface area contributed by atoms with E-state index in [0.29, 0.717) is 12.3 Å². The minimum atomic E-state index is -0.0180. The number of nitrogens with zero attached hydrogens (tertiary/aromatic N) is 1. The van der Waals surface area contributed by atoms with Crippen molar-refractivity contribution in [2.45, 2.75) is 26.1 Å². The Morgan fingerprint density at radius 3 is 2.82 bits per heavy atom. The highest BCUT2D eigenvalue weighted by Gasteiger charge is 2.22. The van der Waals surface area contributed by atoms with Crippen LogP contribution in [0.1, 0.15) is 29.4 Å². The Hall–Kier alpha value is -1.17. The summed E-state index contributed by atoms with van der Waals surface area (Å²) in [4.78, 5) is 4.17. The minimum absolute atomic E-state index is 0.0180. The smallest absolute Gasteiger partial charge is 0.143 e. The maximum absolute atomic E-state index is 10.2. The molecule has 94 valence electrons. The monoisotopic (exact) mass is 237 g/mol. The molecule has 0 radical (unpaired) electrons. The highest BCUT2D eigenvalue weighted by molar-refractivity contribution is 5.42. The van der Waals surface area contributed by atoms with E-state index in [-0.39, 0.29) is 11.9 Å². The molecule has 0 saturated carbocycles. The topological polar surface area (TPSA) is 66.4 Å². The van der Waals surface area contributed by atoms with Crippen LogP contribution >= 0.6 is 0 Å². The van der Waals surface area contributed by atoms with Crippen molar-refractivity contribution in [3.8, 4) is 5.75 Å². The van der Waals surface area contributed by atoms with E-state index >= 15 is 0 Å². The zero-order valence-electron chi connectivity index (χ0n) is 10.3. The lowest BCUT2D eigenvalue weighted by Gasteiger charge is -2.28. The Morgan fingerprint density at radius 2 is 2.18 bits per heavy atom. The Kier molecular flexibility index (Phi) is 3.93. The van der Waals surface area contributed by atoms with Crippen molar-refractivity contribution in [1.82, 2.24) is 15.6 Å². The number of nitrogens with one attached hydrogen (secondary N) is 2. The molecule has 1 aliphatic heterocycles. The molecule has 2 rings (SSSR count). The predicted octanol–water partition coefficient (Wildman–Crippen LogP) is 0.824. The van der Waals surface area contributed by atoms with Crippen LogP contribution in [0.3, 0.4) is 0 Å². The third kappa shape index (κ3) is 2.57. The standard InChI is InChI=1S/C12H19N3O2/c1-8-11(16)10(9(6-15-8)7-17-2)12-13-4-3-5-14-12/h6,12-14,16H,3-5,7H2,1-2H3. The van der Waals surface area contributed by atoms with Crippen LogP contribution in [0, 0.1) is 6.92 Å². The summed E-state index contributed by atoms with van der Waals surface area (Å²) in [6.07, 6.45) is 2.85. The van der Waals surface area contributed by atoms with E-state index in [1.54, 1.807) is 20.2 Å². The van der Waals surface area contributed by atoms with Gasteiger partial charge in [-0.2, -0.15) is 0 Å².